The normalized spacial score (nSPS) is 14.1. The standard InChI is InChI=1S/C14H12N2O2/c17-9-12-4-5-13(18-12)10-2-1-3-11(8-10)14-15-6-7-16-14/h1-5,8-9H,6-7H2,(H,15,16). The molecule has 0 bridgehead atoms. The highest BCUT2D eigenvalue weighted by atomic mass is 16.3. The number of hydrogen-bond acceptors (Lipinski definition) is 4. The van der Waals surface area contributed by atoms with Crippen LogP contribution in [0.25, 0.3) is 11.3 Å². The van der Waals surface area contributed by atoms with Crippen molar-refractivity contribution in [2.75, 3.05) is 13.1 Å². The van der Waals surface area contributed by atoms with Crippen LogP contribution in [0, 0.1) is 0 Å². The Morgan fingerprint density at radius 1 is 1.22 bits per heavy atom. The van der Waals surface area contributed by atoms with Gasteiger partial charge in [-0.05, 0) is 18.2 Å². The maximum atomic E-state index is 10.6. The van der Waals surface area contributed by atoms with E-state index in [2.05, 4.69) is 10.3 Å². The van der Waals surface area contributed by atoms with Crippen molar-refractivity contribution in [3.05, 3.63) is 47.7 Å². The number of rotatable bonds is 3. The average molecular weight is 240 g/mol. The molecule has 0 radical (unpaired) electrons. The minimum Gasteiger partial charge on any atom is -0.453 e. The molecule has 18 heavy (non-hydrogen) atoms. The number of carbonyl (C=O) groups is 1. The average Bonchev–Trinajstić information content (AvgIpc) is 3.10. The van der Waals surface area contributed by atoms with Gasteiger partial charge in [-0.25, -0.2) is 0 Å². The summed E-state index contributed by atoms with van der Waals surface area (Å²) >= 11 is 0. The highest BCUT2D eigenvalue weighted by Gasteiger charge is 2.10. The highest BCUT2D eigenvalue weighted by Crippen LogP contribution is 2.22. The molecule has 0 saturated carbocycles. The molecule has 0 saturated heterocycles. The Balaban J connectivity index is 1.97. The zero-order valence-electron chi connectivity index (χ0n) is 9.72. The van der Waals surface area contributed by atoms with Crippen LogP contribution in [-0.2, 0) is 0 Å². The lowest BCUT2D eigenvalue weighted by atomic mass is 10.1. The van der Waals surface area contributed by atoms with Gasteiger partial charge in [0.2, 0.25) is 0 Å². The Labute approximate surface area is 104 Å². The number of hydrogen-bond donors (Lipinski definition) is 1. The summed E-state index contributed by atoms with van der Waals surface area (Å²) in [7, 11) is 0. The van der Waals surface area contributed by atoms with Crippen LogP contribution in [0.15, 0.2) is 45.8 Å². The first-order valence-corrected chi connectivity index (χ1v) is 5.81. The molecule has 0 atom stereocenters. The maximum Gasteiger partial charge on any atom is 0.185 e. The van der Waals surface area contributed by atoms with Crippen LogP contribution in [0.1, 0.15) is 16.1 Å². The second kappa shape index (κ2) is 4.49. The molecule has 1 N–H and O–H groups in total. The first-order chi connectivity index (χ1) is 8.86. The van der Waals surface area contributed by atoms with Gasteiger partial charge < -0.3 is 9.73 Å². The largest absolute Gasteiger partial charge is 0.453 e. The number of furan rings is 1. The molecule has 1 aromatic carbocycles. The molecule has 2 heterocycles. The van der Waals surface area contributed by atoms with E-state index < -0.39 is 0 Å². The molecule has 3 rings (SSSR count). The minimum atomic E-state index is 0.340. The summed E-state index contributed by atoms with van der Waals surface area (Å²) in [6.45, 7) is 1.70. The molecule has 4 heteroatoms. The first-order valence-electron chi connectivity index (χ1n) is 5.81. The van der Waals surface area contributed by atoms with Gasteiger partial charge in [0.15, 0.2) is 12.0 Å². The van der Waals surface area contributed by atoms with Crippen LogP contribution in [0.5, 0.6) is 0 Å². The smallest absolute Gasteiger partial charge is 0.185 e. The van der Waals surface area contributed by atoms with E-state index in [9.17, 15) is 4.79 Å². The molecule has 0 spiro atoms. The van der Waals surface area contributed by atoms with Gasteiger partial charge in [0.1, 0.15) is 11.6 Å². The lowest BCUT2D eigenvalue weighted by Gasteiger charge is -2.04. The van der Waals surface area contributed by atoms with E-state index >= 15 is 0 Å². The molecule has 1 aliphatic rings. The summed E-state index contributed by atoms with van der Waals surface area (Å²) in [5.41, 5.74) is 1.98. The van der Waals surface area contributed by atoms with Gasteiger partial charge in [0, 0.05) is 17.7 Å². The van der Waals surface area contributed by atoms with Gasteiger partial charge in [-0.2, -0.15) is 0 Å². The number of amidine groups is 1. The highest BCUT2D eigenvalue weighted by molar-refractivity contribution is 6.00. The lowest BCUT2D eigenvalue weighted by Crippen LogP contribution is -2.19. The molecule has 90 valence electrons. The second-order valence-corrected chi connectivity index (χ2v) is 4.06. The molecular formula is C14H12N2O2. The van der Waals surface area contributed by atoms with Crippen molar-refractivity contribution in [3.8, 4) is 11.3 Å². The first kappa shape index (κ1) is 10.8. The summed E-state index contributed by atoms with van der Waals surface area (Å²) < 4.78 is 5.41. The Kier molecular flexibility index (Phi) is 2.68. The van der Waals surface area contributed by atoms with Crippen molar-refractivity contribution in [1.82, 2.24) is 5.32 Å². The van der Waals surface area contributed by atoms with Crippen LogP contribution in [0.3, 0.4) is 0 Å². The SMILES string of the molecule is O=Cc1ccc(-c2cccc(C3=NCCN3)c2)o1. The van der Waals surface area contributed by atoms with Gasteiger partial charge in [-0.15, -0.1) is 0 Å². The molecule has 1 aromatic heterocycles. The van der Waals surface area contributed by atoms with E-state index in [0.29, 0.717) is 17.8 Å². The molecule has 4 nitrogen and oxygen atoms in total. The third-order valence-electron chi connectivity index (χ3n) is 2.84. The van der Waals surface area contributed by atoms with Crippen molar-refractivity contribution in [2.24, 2.45) is 4.99 Å². The van der Waals surface area contributed by atoms with Crippen molar-refractivity contribution in [2.45, 2.75) is 0 Å². The molecule has 0 fully saturated rings. The van der Waals surface area contributed by atoms with Crippen LogP contribution in [0.2, 0.25) is 0 Å². The Bertz CT molecular complexity index is 614. The maximum absolute atomic E-state index is 10.6. The van der Waals surface area contributed by atoms with E-state index in [0.717, 1.165) is 30.1 Å². The third-order valence-corrected chi connectivity index (χ3v) is 2.84. The number of nitrogens with one attached hydrogen (secondary N) is 1. The molecular weight excluding hydrogens is 228 g/mol. The summed E-state index contributed by atoms with van der Waals surface area (Å²) in [6.07, 6.45) is 0.704. The fraction of sp³-hybridized carbons (Fsp3) is 0.143. The molecule has 2 aromatic rings. The molecule has 0 unspecified atom stereocenters. The van der Waals surface area contributed by atoms with Gasteiger partial charge in [0.25, 0.3) is 0 Å². The van der Waals surface area contributed by atoms with Gasteiger partial charge in [0.05, 0.1) is 6.54 Å². The van der Waals surface area contributed by atoms with Crippen LogP contribution >= 0.6 is 0 Å². The zero-order valence-corrected chi connectivity index (χ0v) is 9.72. The molecule has 0 aliphatic carbocycles. The molecule has 0 amide bonds. The van der Waals surface area contributed by atoms with Crippen molar-refractivity contribution >= 4 is 12.1 Å². The Morgan fingerprint density at radius 2 is 2.11 bits per heavy atom. The van der Waals surface area contributed by atoms with E-state index in [1.165, 1.54) is 0 Å². The van der Waals surface area contributed by atoms with Crippen molar-refractivity contribution in [3.63, 3.8) is 0 Å². The van der Waals surface area contributed by atoms with Crippen LogP contribution in [-0.4, -0.2) is 25.2 Å². The van der Waals surface area contributed by atoms with E-state index in [4.69, 9.17) is 4.42 Å². The summed E-state index contributed by atoms with van der Waals surface area (Å²) in [6, 6.07) is 11.4. The number of aliphatic imine (C=N–C) groups is 1. The van der Waals surface area contributed by atoms with Crippen LogP contribution < -0.4 is 5.32 Å². The lowest BCUT2D eigenvalue weighted by molar-refractivity contribution is 0.110. The van der Waals surface area contributed by atoms with E-state index in [1.807, 2.05) is 24.3 Å². The van der Waals surface area contributed by atoms with Gasteiger partial charge >= 0.3 is 0 Å². The summed E-state index contributed by atoms with van der Waals surface area (Å²) in [5.74, 6) is 1.95. The van der Waals surface area contributed by atoms with Gasteiger partial charge in [-0.1, -0.05) is 18.2 Å². The fourth-order valence-electron chi connectivity index (χ4n) is 1.98. The zero-order chi connectivity index (χ0) is 12.4. The number of nitrogens with zero attached hydrogens (tertiary/aromatic N) is 1. The monoisotopic (exact) mass is 240 g/mol. The van der Waals surface area contributed by atoms with Gasteiger partial charge in [-0.3, -0.25) is 9.79 Å². The van der Waals surface area contributed by atoms with Crippen molar-refractivity contribution in [1.29, 1.82) is 0 Å². The van der Waals surface area contributed by atoms with Crippen molar-refractivity contribution < 1.29 is 9.21 Å². The summed E-state index contributed by atoms with van der Waals surface area (Å²) in [5, 5.41) is 3.23. The van der Waals surface area contributed by atoms with E-state index in [-0.39, 0.29) is 0 Å². The predicted octanol–water partition coefficient (Wildman–Crippen LogP) is 2.11. The Hall–Kier alpha value is -2.36. The number of benzene rings is 1. The molecule has 1 aliphatic heterocycles. The number of aldehydes is 1. The van der Waals surface area contributed by atoms with E-state index in [1.54, 1.807) is 12.1 Å². The predicted molar refractivity (Wildman–Crippen MR) is 68.9 cm³/mol. The summed E-state index contributed by atoms with van der Waals surface area (Å²) in [4.78, 5) is 15.0. The quantitative estimate of drug-likeness (QED) is 0.836. The topological polar surface area (TPSA) is 54.6 Å². The second-order valence-electron chi connectivity index (χ2n) is 4.06. The number of carbonyl (C=O) groups excluding carboxylic acids is 1. The minimum absolute atomic E-state index is 0.340. The fourth-order valence-corrected chi connectivity index (χ4v) is 1.98. The Morgan fingerprint density at radius 3 is 2.83 bits per heavy atom. The third kappa shape index (κ3) is 1.93. The van der Waals surface area contributed by atoms with Crippen LogP contribution in [0.4, 0.5) is 0 Å².